The minimum Gasteiger partial charge on any atom is -0.489 e. The first kappa shape index (κ1) is 18.6. The third-order valence-corrected chi connectivity index (χ3v) is 4.30. The molecule has 0 aliphatic rings. The van der Waals surface area contributed by atoms with Crippen LogP contribution in [-0.2, 0) is 0 Å². The number of hydrogen-bond donors (Lipinski definition) is 2. The summed E-state index contributed by atoms with van der Waals surface area (Å²) in [6, 6.07) is 5.41. The van der Waals surface area contributed by atoms with E-state index in [1.54, 1.807) is 18.2 Å². The molecule has 5 heteroatoms. The van der Waals surface area contributed by atoms with Gasteiger partial charge < -0.3 is 15.2 Å². The van der Waals surface area contributed by atoms with Crippen molar-refractivity contribution in [3.8, 4) is 5.75 Å². The average Bonchev–Trinajstić information content (AvgIpc) is 2.47. The molecule has 21 heavy (non-hydrogen) atoms. The lowest BCUT2D eigenvalue weighted by molar-refractivity contribution is 0.101. The summed E-state index contributed by atoms with van der Waals surface area (Å²) in [5, 5.41) is 14.4. The summed E-state index contributed by atoms with van der Waals surface area (Å²) < 4.78 is 5.52. The molecule has 1 aromatic carbocycles. The monoisotopic (exact) mass is 333 g/mol. The van der Waals surface area contributed by atoms with Crippen LogP contribution >= 0.6 is 23.2 Å². The first-order chi connectivity index (χ1) is 9.97. The maximum absolute atomic E-state index is 9.98. The molecular weight excluding hydrogens is 309 g/mol. The molecule has 0 fully saturated rings. The van der Waals surface area contributed by atoms with E-state index >= 15 is 0 Å². The Kier molecular flexibility index (Phi) is 8.42. The molecule has 0 aromatic heterocycles. The summed E-state index contributed by atoms with van der Waals surface area (Å²) in [6.45, 7) is 7.21. The molecule has 0 heterocycles. The molecule has 0 aliphatic carbocycles. The Balaban J connectivity index is 2.37. The smallest absolute Gasteiger partial charge is 0.139 e. The van der Waals surface area contributed by atoms with Crippen LogP contribution in [-0.4, -0.2) is 30.4 Å². The molecule has 1 rings (SSSR count). The van der Waals surface area contributed by atoms with Crippen molar-refractivity contribution in [3.63, 3.8) is 0 Å². The molecule has 3 nitrogen and oxygen atoms in total. The molecule has 0 aliphatic heterocycles. The highest BCUT2D eigenvalue weighted by Gasteiger charge is 2.15. The molecule has 120 valence electrons. The zero-order chi connectivity index (χ0) is 15.8. The van der Waals surface area contributed by atoms with E-state index < -0.39 is 6.10 Å². The largest absolute Gasteiger partial charge is 0.489 e. The summed E-state index contributed by atoms with van der Waals surface area (Å²) >= 11 is 11.9. The third kappa shape index (κ3) is 6.43. The van der Waals surface area contributed by atoms with Crippen LogP contribution in [0.5, 0.6) is 5.75 Å². The molecule has 0 amide bonds. The van der Waals surface area contributed by atoms with Gasteiger partial charge in [0, 0.05) is 23.7 Å². The lowest BCUT2D eigenvalue weighted by Gasteiger charge is -2.24. The van der Waals surface area contributed by atoms with Crippen LogP contribution in [0.3, 0.4) is 0 Å². The van der Waals surface area contributed by atoms with Gasteiger partial charge in [-0.05, 0) is 25.0 Å². The highest BCUT2D eigenvalue weighted by Crippen LogP contribution is 2.27. The van der Waals surface area contributed by atoms with Crippen LogP contribution in [0.25, 0.3) is 0 Å². The molecule has 2 unspecified atom stereocenters. The van der Waals surface area contributed by atoms with Gasteiger partial charge in [0.15, 0.2) is 0 Å². The normalized spacial score (nSPS) is 14.2. The number of rotatable bonds is 9. The maximum Gasteiger partial charge on any atom is 0.139 e. The summed E-state index contributed by atoms with van der Waals surface area (Å²) in [5.41, 5.74) is 0. The molecule has 0 saturated carbocycles. The van der Waals surface area contributed by atoms with Crippen LogP contribution < -0.4 is 10.1 Å². The minimum atomic E-state index is -0.586. The van der Waals surface area contributed by atoms with Crippen molar-refractivity contribution in [1.82, 2.24) is 5.32 Å². The molecule has 0 bridgehead atoms. The van der Waals surface area contributed by atoms with Crippen molar-refractivity contribution < 1.29 is 9.84 Å². The van der Waals surface area contributed by atoms with Crippen LogP contribution in [0.1, 0.15) is 33.6 Å². The van der Waals surface area contributed by atoms with Gasteiger partial charge in [-0.1, -0.05) is 49.9 Å². The zero-order valence-electron chi connectivity index (χ0n) is 12.9. The quantitative estimate of drug-likeness (QED) is 0.713. The lowest BCUT2D eigenvalue weighted by atomic mass is 9.95. The third-order valence-electron chi connectivity index (χ3n) is 3.76. The van der Waals surface area contributed by atoms with Crippen LogP contribution in [0.15, 0.2) is 18.2 Å². The van der Waals surface area contributed by atoms with E-state index in [0.717, 1.165) is 12.8 Å². The van der Waals surface area contributed by atoms with Gasteiger partial charge in [0.2, 0.25) is 0 Å². The Hall–Kier alpha value is -0.480. The Labute approximate surface area is 137 Å². The van der Waals surface area contributed by atoms with Crippen LogP contribution in [0.2, 0.25) is 10.0 Å². The highest BCUT2D eigenvalue weighted by molar-refractivity contribution is 6.34. The molecule has 2 N–H and O–H groups in total. The van der Waals surface area contributed by atoms with Gasteiger partial charge >= 0.3 is 0 Å². The molecule has 0 radical (unpaired) electrons. The standard InChI is InChI=1S/C16H25Cl2NO2/c1-4-12(5-2)11(3)19-9-14(20)10-21-16-8-13(17)6-7-15(16)18/h6-8,11-12,14,19-20H,4-5,9-10H2,1-3H3. The second kappa shape index (κ2) is 9.52. The molecule has 0 spiro atoms. The van der Waals surface area contributed by atoms with E-state index in [9.17, 15) is 5.11 Å². The fourth-order valence-corrected chi connectivity index (χ4v) is 2.65. The number of benzene rings is 1. The number of nitrogens with one attached hydrogen (secondary N) is 1. The van der Waals surface area contributed by atoms with Crippen molar-refractivity contribution in [2.45, 2.75) is 45.8 Å². The van der Waals surface area contributed by atoms with Crippen molar-refractivity contribution in [2.24, 2.45) is 5.92 Å². The summed E-state index contributed by atoms with van der Waals surface area (Å²) in [6.07, 6.45) is 1.68. The summed E-state index contributed by atoms with van der Waals surface area (Å²) in [4.78, 5) is 0. The SMILES string of the molecule is CCC(CC)C(C)NCC(O)COc1cc(Cl)ccc1Cl. The fraction of sp³-hybridized carbons (Fsp3) is 0.625. The number of aliphatic hydroxyl groups excluding tert-OH is 1. The van der Waals surface area contributed by atoms with Crippen molar-refractivity contribution in [1.29, 1.82) is 0 Å². The molecule has 0 saturated heterocycles. The van der Waals surface area contributed by atoms with E-state index in [2.05, 4.69) is 26.1 Å². The van der Waals surface area contributed by atoms with Gasteiger partial charge in [-0.2, -0.15) is 0 Å². The van der Waals surface area contributed by atoms with Gasteiger partial charge in [0.25, 0.3) is 0 Å². The number of ether oxygens (including phenoxy) is 1. The van der Waals surface area contributed by atoms with E-state index in [-0.39, 0.29) is 6.61 Å². The lowest BCUT2D eigenvalue weighted by Crippen LogP contribution is -2.40. The predicted molar refractivity (Wildman–Crippen MR) is 89.5 cm³/mol. The van der Waals surface area contributed by atoms with Crippen molar-refractivity contribution in [3.05, 3.63) is 28.2 Å². The number of hydrogen-bond acceptors (Lipinski definition) is 3. The number of halogens is 2. The summed E-state index contributed by atoms with van der Waals surface area (Å²) in [7, 11) is 0. The maximum atomic E-state index is 9.98. The van der Waals surface area contributed by atoms with Crippen LogP contribution in [0, 0.1) is 5.92 Å². The Morgan fingerprint density at radius 2 is 1.90 bits per heavy atom. The Bertz CT molecular complexity index is 425. The van der Waals surface area contributed by atoms with E-state index in [1.807, 2.05) is 0 Å². The fourth-order valence-electron chi connectivity index (χ4n) is 2.32. The molecule has 1 aromatic rings. The minimum absolute atomic E-state index is 0.183. The highest BCUT2D eigenvalue weighted by atomic mass is 35.5. The van der Waals surface area contributed by atoms with Crippen molar-refractivity contribution >= 4 is 23.2 Å². The second-order valence-electron chi connectivity index (χ2n) is 5.31. The predicted octanol–water partition coefficient (Wildman–Crippen LogP) is 4.15. The van der Waals surface area contributed by atoms with Crippen molar-refractivity contribution in [2.75, 3.05) is 13.2 Å². The van der Waals surface area contributed by atoms with E-state index in [1.165, 1.54) is 0 Å². The van der Waals surface area contributed by atoms with Gasteiger partial charge in [-0.15, -0.1) is 0 Å². The number of aliphatic hydroxyl groups is 1. The molecular formula is C16H25Cl2NO2. The molecule has 2 atom stereocenters. The first-order valence-corrected chi connectivity index (χ1v) is 8.22. The van der Waals surface area contributed by atoms with Gasteiger partial charge in [0.1, 0.15) is 18.5 Å². The average molecular weight is 334 g/mol. The van der Waals surface area contributed by atoms with Crippen LogP contribution in [0.4, 0.5) is 0 Å². The van der Waals surface area contributed by atoms with E-state index in [4.69, 9.17) is 27.9 Å². The topological polar surface area (TPSA) is 41.5 Å². The summed E-state index contributed by atoms with van der Waals surface area (Å²) in [5.74, 6) is 1.12. The Morgan fingerprint density at radius 1 is 1.24 bits per heavy atom. The van der Waals surface area contributed by atoms with Gasteiger partial charge in [-0.25, -0.2) is 0 Å². The van der Waals surface area contributed by atoms with Gasteiger partial charge in [-0.3, -0.25) is 0 Å². The Morgan fingerprint density at radius 3 is 2.52 bits per heavy atom. The van der Waals surface area contributed by atoms with Gasteiger partial charge in [0.05, 0.1) is 5.02 Å². The van der Waals surface area contributed by atoms with E-state index in [0.29, 0.717) is 34.3 Å². The second-order valence-corrected chi connectivity index (χ2v) is 6.16. The first-order valence-electron chi connectivity index (χ1n) is 7.47. The zero-order valence-corrected chi connectivity index (χ0v) is 14.4.